The van der Waals surface area contributed by atoms with E-state index in [1.165, 1.54) is 0 Å². The number of rotatable bonds is 4. The molecule has 0 atom stereocenters. The van der Waals surface area contributed by atoms with Crippen molar-refractivity contribution < 1.29 is 4.79 Å². The number of benzene rings is 1. The molecule has 88 valence electrons. The topological polar surface area (TPSA) is 34.9 Å². The molecule has 3 nitrogen and oxygen atoms in total. The highest BCUT2D eigenvalue weighted by molar-refractivity contribution is 9.10. The summed E-state index contributed by atoms with van der Waals surface area (Å²) in [5.41, 5.74) is 1.68. The molecule has 0 N–H and O–H groups in total. The second-order valence-corrected chi connectivity index (χ2v) is 4.65. The lowest BCUT2D eigenvalue weighted by Gasteiger charge is -2.09. The Labute approximate surface area is 109 Å². The molecule has 0 unspecified atom stereocenters. The summed E-state index contributed by atoms with van der Waals surface area (Å²) in [4.78, 5) is 15.0. The van der Waals surface area contributed by atoms with Crippen LogP contribution in [0.4, 0.5) is 0 Å². The van der Waals surface area contributed by atoms with E-state index in [4.69, 9.17) is 0 Å². The van der Waals surface area contributed by atoms with Crippen LogP contribution in [0.2, 0.25) is 0 Å². The molecule has 1 aromatic heterocycles. The van der Waals surface area contributed by atoms with Gasteiger partial charge in [0, 0.05) is 28.9 Å². The molecule has 0 spiro atoms. The maximum absolute atomic E-state index is 10.7. The van der Waals surface area contributed by atoms with Crippen molar-refractivity contribution in [2.45, 2.75) is 19.8 Å². The molecule has 1 aromatic carbocycles. The standard InChI is InChI=1S/C13H13BrN2O/c1-2-3-13-15-6-7-16(13)12-5-4-10(9-17)8-11(12)14/h4-9H,2-3H2,1H3. The van der Waals surface area contributed by atoms with Crippen LogP contribution in [-0.4, -0.2) is 15.8 Å². The van der Waals surface area contributed by atoms with Gasteiger partial charge in [0.1, 0.15) is 12.1 Å². The van der Waals surface area contributed by atoms with Gasteiger partial charge in [0.2, 0.25) is 0 Å². The van der Waals surface area contributed by atoms with Gasteiger partial charge < -0.3 is 4.57 Å². The Morgan fingerprint density at radius 2 is 2.29 bits per heavy atom. The summed E-state index contributed by atoms with van der Waals surface area (Å²) in [5, 5.41) is 0. The van der Waals surface area contributed by atoms with Crippen molar-refractivity contribution in [1.82, 2.24) is 9.55 Å². The SMILES string of the molecule is CCCc1nccn1-c1ccc(C=O)cc1Br. The Morgan fingerprint density at radius 1 is 1.47 bits per heavy atom. The van der Waals surface area contributed by atoms with Crippen LogP contribution in [0.1, 0.15) is 29.5 Å². The highest BCUT2D eigenvalue weighted by atomic mass is 79.9. The average molecular weight is 293 g/mol. The molecule has 0 radical (unpaired) electrons. The largest absolute Gasteiger partial charge is 0.303 e. The predicted octanol–water partition coefficient (Wildman–Crippen LogP) is 3.40. The van der Waals surface area contributed by atoms with Gasteiger partial charge in [-0.2, -0.15) is 0 Å². The van der Waals surface area contributed by atoms with E-state index in [0.29, 0.717) is 5.56 Å². The Morgan fingerprint density at radius 3 is 2.94 bits per heavy atom. The lowest BCUT2D eigenvalue weighted by atomic mass is 10.2. The predicted molar refractivity (Wildman–Crippen MR) is 70.6 cm³/mol. The normalized spacial score (nSPS) is 10.5. The molecule has 1 heterocycles. The number of halogens is 1. The van der Waals surface area contributed by atoms with Gasteiger partial charge in [-0.25, -0.2) is 4.98 Å². The monoisotopic (exact) mass is 292 g/mol. The first-order chi connectivity index (χ1) is 8.26. The van der Waals surface area contributed by atoms with Crippen molar-refractivity contribution in [3.05, 3.63) is 46.5 Å². The molecule has 17 heavy (non-hydrogen) atoms. The summed E-state index contributed by atoms with van der Waals surface area (Å²) in [7, 11) is 0. The molecule has 0 aliphatic heterocycles. The quantitative estimate of drug-likeness (QED) is 0.810. The van der Waals surface area contributed by atoms with Gasteiger partial charge in [0.25, 0.3) is 0 Å². The van der Waals surface area contributed by atoms with Crippen molar-refractivity contribution >= 4 is 22.2 Å². The molecule has 0 fully saturated rings. The Kier molecular flexibility index (Phi) is 3.74. The van der Waals surface area contributed by atoms with Crippen LogP contribution >= 0.6 is 15.9 Å². The Bertz CT molecular complexity index is 534. The second kappa shape index (κ2) is 5.27. The summed E-state index contributed by atoms with van der Waals surface area (Å²) >= 11 is 3.49. The first-order valence-electron chi connectivity index (χ1n) is 5.53. The average Bonchev–Trinajstić information content (AvgIpc) is 2.77. The molecule has 2 rings (SSSR count). The minimum Gasteiger partial charge on any atom is -0.303 e. The summed E-state index contributed by atoms with van der Waals surface area (Å²) < 4.78 is 2.94. The molecule has 0 saturated carbocycles. The van der Waals surface area contributed by atoms with Crippen molar-refractivity contribution in [1.29, 1.82) is 0 Å². The van der Waals surface area contributed by atoms with Crippen LogP contribution in [0.25, 0.3) is 5.69 Å². The van der Waals surface area contributed by atoms with Gasteiger partial charge in [0.15, 0.2) is 0 Å². The Balaban J connectivity index is 2.45. The molecule has 0 saturated heterocycles. The minimum atomic E-state index is 0.665. The molecule has 0 aliphatic carbocycles. The van der Waals surface area contributed by atoms with Crippen molar-refractivity contribution in [3.63, 3.8) is 0 Å². The van der Waals surface area contributed by atoms with Crippen LogP contribution < -0.4 is 0 Å². The second-order valence-electron chi connectivity index (χ2n) is 3.79. The van der Waals surface area contributed by atoms with Crippen molar-refractivity contribution in [3.8, 4) is 5.69 Å². The number of aryl methyl sites for hydroxylation is 1. The summed E-state index contributed by atoms with van der Waals surface area (Å²) in [6.07, 6.45) is 6.57. The first-order valence-corrected chi connectivity index (χ1v) is 6.33. The fourth-order valence-electron chi connectivity index (χ4n) is 1.75. The van der Waals surface area contributed by atoms with E-state index in [1.54, 1.807) is 6.20 Å². The van der Waals surface area contributed by atoms with Crippen LogP contribution in [0.5, 0.6) is 0 Å². The lowest BCUT2D eigenvalue weighted by molar-refractivity contribution is 0.112. The van der Waals surface area contributed by atoms with E-state index < -0.39 is 0 Å². The molecule has 2 aromatic rings. The van der Waals surface area contributed by atoms with E-state index in [9.17, 15) is 4.79 Å². The first kappa shape index (κ1) is 12.0. The Hall–Kier alpha value is -1.42. The van der Waals surface area contributed by atoms with Crippen LogP contribution in [0.15, 0.2) is 35.1 Å². The van der Waals surface area contributed by atoms with E-state index >= 15 is 0 Å². The van der Waals surface area contributed by atoms with Crippen LogP contribution in [0.3, 0.4) is 0 Å². The third kappa shape index (κ3) is 2.47. The number of hydrogen-bond donors (Lipinski definition) is 0. The lowest BCUT2D eigenvalue weighted by Crippen LogP contribution is -2.01. The van der Waals surface area contributed by atoms with Crippen molar-refractivity contribution in [2.75, 3.05) is 0 Å². The number of imidazole rings is 1. The number of aldehydes is 1. The maximum Gasteiger partial charge on any atom is 0.150 e. The summed E-state index contributed by atoms with van der Waals surface area (Å²) in [6, 6.07) is 5.55. The van der Waals surface area contributed by atoms with E-state index in [0.717, 1.165) is 35.1 Å². The highest BCUT2D eigenvalue weighted by Crippen LogP contribution is 2.23. The fourth-order valence-corrected chi connectivity index (χ4v) is 2.34. The molecule has 4 heteroatoms. The number of nitrogens with zero attached hydrogens (tertiary/aromatic N) is 2. The third-order valence-corrected chi connectivity index (χ3v) is 3.19. The van der Waals surface area contributed by atoms with Gasteiger partial charge in [-0.3, -0.25) is 4.79 Å². The molecule has 0 aliphatic rings. The minimum absolute atomic E-state index is 0.665. The summed E-state index contributed by atoms with van der Waals surface area (Å²) in [5.74, 6) is 1.03. The van der Waals surface area contributed by atoms with Gasteiger partial charge >= 0.3 is 0 Å². The maximum atomic E-state index is 10.7. The van der Waals surface area contributed by atoms with Crippen LogP contribution in [0, 0.1) is 0 Å². The molecule has 0 bridgehead atoms. The van der Waals surface area contributed by atoms with Gasteiger partial charge in [-0.1, -0.05) is 6.92 Å². The zero-order chi connectivity index (χ0) is 12.3. The molecule has 0 amide bonds. The zero-order valence-corrected chi connectivity index (χ0v) is 11.1. The highest BCUT2D eigenvalue weighted by Gasteiger charge is 2.07. The van der Waals surface area contributed by atoms with E-state index in [-0.39, 0.29) is 0 Å². The zero-order valence-electron chi connectivity index (χ0n) is 9.56. The molecular weight excluding hydrogens is 280 g/mol. The fraction of sp³-hybridized carbons (Fsp3) is 0.231. The number of hydrogen-bond acceptors (Lipinski definition) is 2. The van der Waals surface area contributed by atoms with E-state index in [1.807, 2.05) is 29.0 Å². The number of aromatic nitrogens is 2. The number of carbonyl (C=O) groups is 1. The van der Waals surface area contributed by atoms with Gasteiger partial charge in [0.05, 0.1) is 5.69 Å². The number of carbonyl (C=O) groups excluding carboxylic acids is 1. The van der Waals surface area contributed by atoms with Crippen molar-refractivity contribution in [2.24, 2.45) is 0 Å². The van der Waals surface area contributed by atoms with E-state index in [2.05, 4.69) is 27.8 Å². The smallest absolute Gasteiger partial charge is 0.150 e. The van der Waals surface area contributed by atoms with Gasteiger partial charge in [-0.15, -0.1) is 0 Å². The molecular formula is C13H13BrN2O. The summed E-state index contributed by atoms with van der Waals surface area (Å²) in [6.45, 7) is 2.13. The van der Waals surface area contributed by atoms with Crippen LogP contribution in [-0.2, 0) is 6.42 Å². The van der Waals surface area contributed by atoms with Gasteiger partial charge in [-0.05, 0) is 40.5 Å². The third-order valence-electron chi connectivity index (χ3n) is 2.56.